The second-order valence-electron chi connectivity index (χ2n) is 6.99. The van der Waals surface area contributed by atoms with E-state index in [0.717, 1.165) is 51.4 Å². The van der Waals surface area contributed by atoms with E-state index in [9.17, 15) is 14.4 Å². The third-order valence-electron chi connectivity index (χ3n) is 4.33. The van der Waals surface area contributed by atoms with Crippen LogP contribution in [0.15, 0.2) is 36.5 Å². The molecule has 29 heavy (non-hydrogen) atoms. The first-order valence-electron chi connectivity index (χ1n) is 10.7. The third kappa shape index (κ3) is 18.7. The van der Waals surface area contributed by atoms with Crippen LogP contribution in [0.1, 0.15) is 84.0 Å². The number of aliphatic carboxylic acids is 2. The van der Waals surface area contributed by atoms with Crippen molar-refractivity contribution in [3.8, 4) is 0 Å². The van der Waals surface area contributed by atoms with E-state index in [4.69, 9.17) is 10.2 Å². The molecule has 6 heteroatoms. The molecule has 0 spiro atoms. The highest BCUT2D eigenvalue weighted by atomic mass is 16.4. The zero-order chi connectivity index (χ0) is 21.7. The molecule has 0 heterocycles. The third-order valence-corrected chi connectivity index (χ3v) is 4.33. The summed E-state index contributed by atoms with van der Waals surface area (Å²) in [7, 11) is 0. The van der Waals surface area contributed by atoms with Crippen molar-refractivity contribution in [1.82, 2.24) is 5.32 Å². The number of carbonyl (C=O) groups excluding carboxylic acids is 1. The number of hydrogen-bond acceptors (Lipinski definition) is 3. The summed E-state index contributed by atoms with van der Waals surface area (Å²) in [6.07, 6.45) is 22.0. The molecule has 0 aliphatic heterocycles. The molecule has 0 rings (SSSR count). The lowest BCUT2D eigenvalue weighted by Crippen LogP contribution is -2.41. The topological polar surface area (TPSA) is 104 Å². The number of nitrogens with one attached hydrogen (secondary N) is 1. The van der Waals surface area contributed by atoms with E-state index in [1.54, 1.807) is 0 Å². The van der Waals surface area contributed by atoms with Crippen LogP contribution in [0.3, 0.4) is 0 Å². The van der Waals surface area contributed by atoms with Crippen LogP contribution in [0, 0.1) is 0 Å². The Labute approximate surface area is 174 Å². The van der Waals surface area contributed by atoms with Crippen molar-refractivity contribution in [3.63, 3.8) is 0 Å². The monoisotopic (exact) mass is 407 g/mol. The quantitative estimate of drug-likeness (QED) is 0.219. The van der Waals surface area contributed by atoms with E-state index in [0.29, 0.717) is 6.42 Å². The normalized spacial score (nSPS) is 12.7. The maximum absolute atomic E-state index is 11.8. The van der Waals surface area contributed by atoms with Gasteiger partial charge in [-0.15, -0.1) is 0 Å². The highest BCUT2D eigenvalue weighted by molar-refractivity contribution is 5.83. The summed E-state index contributed by atoms with van der Waals surface area (Å²) < 4.78 is 0. The van der Waals surface area contributed by atoms with E-state index >= 15 is 0 Å². The second-order valence-corrected chi connectivity index (χ2v) is 6.99. The molecule has 0 saturated carbocycles. The van der Waals surface area contributed by atoms with Gasteiger partial charge in [-0.25, -0.2) is 4.79 Å². The van der Waals surface area contributed by atoms with Gasteiger partial charge in [-0.1, -0.05) is 62.6 Å². The van der Waals surface area contributed by atoms with Gasteiger partial charge in [-0.05, 0) is 44.9 Å². The molecule has 0 aromatic heterocycles. The smallest absolute Gasteiger partial charge is 0.326 e. The Morgan fingerprint density at radius 2 is 1.38 bits per heavy atom. The van der Waals surface area contributed by atoms with Crippen molar-refractivity contribution in [1.29, 1.82) is 0 Å². The SMILES string of the molecule is CCC=CCC=CCC=CCCCCCCCC(=O)NC(CCC(=O)O)C(=O)O. The van der Waals surface area contributed by atoms with Crippen molar-refractivity contribution in [2.45, 2.75) is 90.0 Å². The number of carboxylic acid groups (broad SMARTS) is 2. The Hall–Kier alpha value is -2.37. The summed E-state index contributed by atoms with van der Waals surface area (Å²) >= 11 is 0. The largest absolute Gasteiger partial charge is 0.481 e. The first-order chi connectivity index (χ1) is 14.0. The number of amides is 1. The van der Waals surface area contributed by atoms with Crippen LogP contribution >= 0.6 is 0 Å². The number of carbonyl (C=O) groups is 3. The highest BCUT2D eigenvalue weighted by Crippen LogP contribution is 2.08. The van der Waals surface area contributed by atoms with Crippen LogP contribution < -0.4 is 5.32 Å². The minimum atomic E-state index is -1.20. The highest BCUT2D eigenvalue weighted by Gasteiger charge is 2.20. The van der Waals surface area contributed by atoms with Crippen molar-refractivity contribution in [2.75, 3.05) is 0 Å². The fourth-order valence-electron chi connectivity index (χ4n) is 2.70. The van der Waals surface area contributed by atoms with E-state index in [1.165, 1.54) is 0 Å². The minimum Gasteiger partial charge on any atom is -0.481 e. The van der Waals surface area contributed by atoms with Crippen molar-refractivity contribution in [3.05, 3.63) is 36.5 Å². The van der Waals surface area contributed by atoms with E-state index in [2.05, 4.69) is 48.7 Å². The number of carboxylic acids is 2. The minimum absolute atomic E-state index is 0.102. The van der Waals surface area contributed by atoms with E-state index < -0.39 is 18.0 Å². The van der Waals surface area contributed by atoms with Crippen LogP contribution in [-0.4, -0.2) is 34.1 Å². The molecule has 1 atom stereocenters. The van der Waals surface area contributed by atoms with Crippen LogP contribution in [0.5, 0.6) is 0 Å². The Morgan fingerprint density at radius 3 is 2.00 bits per heavy atom. The van der Waals surface area contributed by atoms with Gasteiger partial charge in [-0.3, -0.25) is 9.59 Å². The lowest BCUT2D eigenvalue weighted by Gasteiger charge is -2.13. The summed E-state index contributed by atoms with van der Waals surface area (Å²) in [5.41, 5.74) is 0. The molecular formula is C23H37NO5. The van der Waals surface area contributed by atoms with Gasteiger partial charge in [0.05, 0.1) is 0 Å². The Bertz CT molecular complexity index is 551. The van der Waals surface area contributed by atoms with Crippen molar-refractivity contribution < 1.29 is 24.6 Å². The van der Waals surface area contributed by atoms with Crippen molar-refractivity contribution in [2.24, 2.45) is 0 Å². The molecule has 0 saturated heterocycles. The van der Waals surface area contributed by atoms with Crippen LogP contribution in [0.25, 0.3) is 0 Å². The molecule has 3 N–H and O–H groups in total. The number of unbranched alkanes of at least 4 members (excludes halogenated alkanes) is 5. The van der Waals surface area contributed by atoms with Gasteiger partial charge in [0.1, 0.15) is 6.04 Å². The van der Waals surface area contributed by atoms with Gasteiger partial charge in [0, 0.05) is 12.8 Å². The van der Waals surface area contributed by atoms with Crippen LogP contribution in [-0.2, 0) is 14.4 Å². The lowest BCUT2D eigenvalue weighted by atomic mass is 10.1. The first kappa shape index (κ1) is 26.6. The number of hydrogen-bond donors (Lipinski definition) is 3. The molecule has 6 nitrogen and oxygen atoms in total. The van der Waals surface area contributed by atoms with Crippen LogP contribution in [0.4, 0.5) is 0 Å². The maximum Gasteiger partial charge on any atom is 0.326 e. The van der Waals surface area contributed by atoms with Gasteiger partial charge in [-0.2, -0.15) is 0 Å². The number of allylic oxidation sites excluding steroid dienone is 6. The van der Waals surface area contributed by atoms with Gasteiger partial charge in [0.2, 0.25) is 5.91 Å². The fraction of sp³-hybridized carbons (Fsp3) is 0.609. The predicted octanol–water partition coefficient (Wildman–Crippen LogP) is 5.01. The molecule has 1 amide bonds. The second kappa shape index (κ2) is 19.0. The first-order valence-corrected chi connectivity index (χ1v) is 10.7. The van der Waals surface area contributed by atoms with E-state index in [1.807, 2.05) is 0 Å². The average molecular weight is 408 g/mol. The zero-order valence-corrected chi connectivity index (χ0v) is 17.6. The van der Waals surface area contributed by atoms with Crippen molar-refractivity contribution >= 4 is 17.8 Å². The van der Waals surface area contributed by atoms with Crippen LogP contribution in [0.2, 0.25) is 0 Å². The predicted molar refractivity (Wildman–Crippen MR) is 116 cm³/mol. The van der Waals surface area contributed by atoms with Gasteiger partial charge in [0.25, 0.3) is 0 Å². The Kier molecular flexibility index (Phi) is 17.4. The molecule has 0 aliphatic rings. The Morgan fingerprint density at radius 1 is 0.793 bits per heavy atom. The van der Waals surface area contributed by atoms with E-state index in [-0.39, 0.29) is 25.2 Å². The molecule has 164 valence electrons. The average Bonchev–Trinajstić information content (AvgIpc) is 2.67. The summed E-state index contributed by atoms with van der Waals surface area (Å²) in [6.45, 7) is 2.13. The van der Waals surface area contributed by atoms with Gasteiger partial charge in [0.15, 0.2) is 0 Å². The standard InChI is InChI=1S/C23H37NO5/c1-2-3-4-5-6-7-8-9-10-11-12-13-14-15-16-17-21(25)24-20(23(28)29)18-19-22(26)27/h3-4,6-7,9-10,20H,2,5,8,11-19H2,1H3,(H,24,25)(H,26,27)(H,28,29). The molecule has 0 aliphatic carbocycles. The molecule has 0 bridgehead atoms. The maximum atomic E-state index is 11.8. The van der Waals surface area contributed by atoms with Gasteiger partial charge >= 0.3 is 11.9 Å². The molecule has 0 radical (unpaired) electrons. The Balaban J connectivity index is 3.65. The molecule has 0 aromatic carbocycles. The fourth-order valence-corrected chi connectivity index (χ4v) is 2.70. The summed E-state index contributed by atoms with van der Waals surface area (Å²) in [6, 6.07) is -1.13. The van der Waals surface area contributed by atoms with Gasteiger partial charge < -0.3 is 15.5 Å². The molecule has 0 aromatic rings. The summed E-state index contributed by atoms with van der Waals surface area (Å²) in [5, 5.41) is 20.0. The molecule has 1 unspecified atom stereocenters. The lowest BCUT2D eigenvalue weighted by molar-refractivity contribution is -0.143. The molecule has 0 fully saturated rings. The summed E-state index contributed by atoms with van der Waals surface area (Å²) in [4.78, 5) is 33.4. The zero-order valence-electron chi connectivity index (χ0n) is 17.6. The summed E-state index contributed by atoms with van der Waals surface area (Å²) in [5.74, 6) is -2.60. The number of rotatable bonds is 18. The molecular weight excluding hydrogens is 370 g/mol.